The van der Waals surface area contributed by atoms with Gasteiger partial charge in [0.2, 0.25) is 11.4 Å². The van der Waals surface area contributed by atoms with E-state index in [1.807, 2.05) is 19.2 Å². The van der Waals surface area contributed by atoms with Crippen LogP contribution < -0.4 is 34.3 Å². The van der Waals surface area contributed by atoms with E-state index in [-0.39, 0.29) is 29.6 Å². The average Bonchev–Trinajstić information content (AvgIpc) is 3.53. The number of carbonyl (C=O) groups is 1. The fourth-order valence-electron chi connectivity index (χ4n) is 9.01. The summed E-state index contributed by atoms with van der Waals surface area (Å²) < 4.78 is 38.2. The lowest BCUT2D eigenvalue weighted by Crippen LogP contribution is -2.79. The highest BCUT2D eigenvalue weighted by molar-refractivity contribution is 5.86. The summed E-state index contributed by atoms with van der Waals surface area (Å²) in [5.41, 5.74) is 1.89. The summed E-state index contributed by atoms with van der Waals surface area (Å²) in [5.74, 6) is -1.80. The summed E-state index contributed by atoms with van der Waals surface area (Å²) in [6.07, 6.45) is -1.72. The molecule has 5 heterocycles. The molecule has 0 radical (unpaired) electrons. The SMILES string of the molecule is CNC1CCCC2Oc3c4c(cc(-c5cccc(O)c5)c3C3Oc5c(OC)c(OC)cc1c5C23)OC12OC(C(=O)O)(C=CC1N4)C(O)C(O)C2O. The number of rotatable bonds is 5. The van der Waals surface area contributed by atoms with Gasteiger partial charge in [0, 0.05) is 17.2 Å². The second kappa shape index (κ2) is 11.1. The van der Waals surface area contributed by atoms with Gasteiger partial charge < -0.3 is 64.6 Å². The molecule has 14 heteroatoms. The van der Waals surface area contributed by atoms with E-state index in [0.717, 1.165) is 30.0 Å². The molecular weight excluding hydrogens is 664 g/mol. The number of aliphatic hydroxyl groups is 3. The van der Waals surface area contributed by atoms with Crippen molar-refractivity contribution in [2.75, 3.05) is 26.6 Å². The molecule has 0 amide bonds. The maximum Gasteiger partial charge on any atom is 0.343 e. The Bertz CT molecular complexity index is 2000. The highest BCUT2D eigenvalue weighted by Crippen LogP contribution is 2.65. The molecule has 9 rings (SSSR count). The van der Waals surface area contributed by atoms with Gasteiger partial charge in [-0.1, -0.05) is 18.2 Å². The van der Waals surface area contributed by atoms with Crippen molar-refractivity contribution in [3.05, 3.63) is 65.2 Å². The first-order valence-corrected chi connectivity index (χ1v) is 17.0. The molecule has 5 aliphatic heterocycles. The van der Waals surface area contributed by atoms with E-state index < -0.39 is 47.8 Å². The van der Waals surface area contributed by atoms with Crippen molar-refractivity contribution in [1.29, 1.82) is 0 Å². The van der Waals surface area contributed by atoms with E-state index in [1.165, 1.54) is 6.08 Å². The first-order chi connectivity index (χ1) is 24.6. The van der Waals surface area contributed by atoms with Crippen LogP contribution in [0, 0.1) is 0 Å². The van der Waals surface area contributed by atoms with E-state index >= 15 is 0 Å². The summed E-state index contributed by atoms with van der Waals surface area (Å²) in [6, 6.07) is 9.40. The van der Waals surface area contributed by atoms with Crippen molar-refractivity contribution in [2.45, 2.75) is 79.2 Å². The molecule has 2 bridgehead atoms. The topological polar surface area (TPSA) is 198 Å². The number of ether oxygens (including phenoxy) is 6. The van der Waals surface area contributed by atoms with Gasteiger partial charge in [-0.15, -0.1) is 0 Å². The number of nitrogens with one attached hydrogen (secondary N) is 2. The molecule has 268 valence electrons. The lowest BCUT2D eigenvalue weighted by molar-refractivity contribution is -0.356. The fourth-order valence-corrected chi connectivity index (χ4v) is 9.01. The molecule has 51 heavy (non-hydrogen) atoms. The number of hydrogen-bond acceptors (Lipinski definition) is 13. The van der Waals surface area contributed by atoms with Crippen LogP contribution in [0.4, 0.5) is 5.69 Å². The third-order valence-corrected chi connectivity index (χ3v) is 11.4. The number of carboxylic acids is 1. The standard InChI is InChI=1S/C37H38N2O12/c1-38-19-8-5-9-20-26-24-18(19)14-22(46-2)29(47-3)32(24)49-30(26)25-17(15-6-4-7-16(40)12-15)13-21-27(31(25)48-20)39-23-10-11-36(35(44)45)33(42)28(41)34(43)37(23,50-21)51-36/h4,6-7,10-14,19-20,23,26,28,30,33-34,38-43H,5,8-9H2,1-3H3,(H,44,45). The Kier molecular flexibility index (Phi) is 7.03. The predicted molar refractivity (Wildman–Crippen MR) is 179 cm³/mol. The van der Waals surface area contributed by atoms with E-state index in [4.69, 9.17) is 28.4 Å². The Morgan fingerprint density at radius 2 is 1.84 bits per heavy atom. The number of aromatic hydroxyl groups is 1. The summed E-state index contributed by atoms with van der Waals surface area (Å²) >= 11 is 0. The number of carboxylic acid groups (broad SMARTS) is 1. The monoisotopic (exact) mass is 702 g/mol. The van der Waals surface area contributed by atoms with Gasteiger partial charge in [-0.05, 0) is 73.3 Å². The third-order valence-electron chi connectivity index (χ3n) is 11.4. The number of anilines is 1. The first-order valence-electron chi connectivity index (χ1n) is 17.0. The molecule has 1 spiro atoms. The van der Waals surface area contributed by atoms with Crippen LogP contribution in [0.3, 0.4) is 0 Å². The van der Waals surface area contributed by atoms with Gasteiger partial charge in [0.15, 0.2) is 29.1 Å². The lowest BCUT2D eigenvalue weighted by Gasteiger charge is -2.57. The van der Waals surface area contributed by atoms with Crippen LogP contribution in [-0.2, 0) is 9.53 Å². The van der Waals surface area contributed by atoms with Crippen LogP contribution >= 0.6 is 0 Å². The number of methoxy groups -OCH3 is 2. The summed E-state index contributed by atoms with van der Waals surface area (Å²) in [6.45, 7) is 0. The largest absolute Gasteiger partial charge is 0.508 e. The zero-order chi connectivity index (χ0) is 35.6. The Hall–Kier alpha value is -4.73. The lowest BCUT2D eigenvalue weighted by atomic mass is 9.74. The number of phenols is 1. The van der Waals surface area contributed by atoms with Crippen LogP contribution in [0.2, 0.25) is 0 Å². The molecular formula is C37H38N2O12. The Morgan fingerprint density at radius 3 is 2.57 bits per heavy atom. The molecule has 7 N–H and O–H groups in total. The molecule has 3 aromatic rings. The van der Waals surface area contributed by atoms with Crippen molar-refractivity contribution >= 4 is 11.7 Å². The van der Waals surface area contributed by atoms with Gasteiger partial charge >= 0.3 is 5.97 Å². The van der Waals surface area contributed by atoms with E-state index in [2.05, 4.69) is 10.6 Å². The Labute approximate surface area is 292 Å². The van der Waals surface area contributed by atoms with Gasteiger partial charge in [-0.3, -0.25) is 0 Å². The van der Waals surface area contributed by atoms with Crippen molar-refractivity contribution in [1.82, 2.24) is 5.32 Å². The molecule has 6 aliphatic rings. The van der Waals surface area contributed by atoms with Crippen LogP contribution in [0.1, 0.15) is 54.0 Å². The molecule has 0 aromatic heterocycles. The minimum Gasteiger partial charge on any atom is -0.508 e. The number of hydrogen-bond donors (Lipinski definition) is 7. The minimum atomic E-state index is -2.38. The molecule has 14 nitrogen and oxygen atoms in total. The van der Waals surface area contributed by atoms with Crippen LogP contribution in [0.15, 0.2) is 48.6 Å². The molecule has 10 unspecified atom stereocenters. The maximum absolute atomic E-state index is 12.5. The molecule has 1 aliphatic carbocycles. The maximum atomic E-state index is 12.5. The minimum absolute atomic E-state index is 0.0187. The molecule has 10 atom stereocenters. The molecule has 0 saturated carbocycles. The number of aliphatic carboxylic acids is 1. The quantitative estimate of drug-likeness (QED) is 0.192. The predicted octanol–water partition coefficient (Wildman–Crippen LogP) is 2.87. The highest BCUT2D eigenvalue weighted by atomic mass is 16.7. The second-order valence-corrected chi connectivity index (χ2v) is 13.9. The van der Waals surface area contributed by atoms with Gasteiger partial charge in [-0.2, -0.15) is 0 Å². The van der Waals surface area contributed by atoms with Gasteiger partial charge in [0.05, 0.1) is 20.1 Å². The fraction of sp³-hybridized carbons (Fsp3) is 0.432. The van der Waals surface area contributed by atoms with Crippen LogP contribution in [0.5, 0.6) is 34.5 Å². The smallest absolute Gasteiger partial charge is 0.343 e. The highest BCUT2D eigenvalue weighted by Gasteiger charge is 2.70. The zero-order valence-electron chi connectivity index (χ0n) is 28.0. The van der Waals surface area contributed by atoms with Crippen molar-refractivity contribution in [2.24, 2.45) is 0 Å². The molecule has 1 fully saturated rings. The van der Waals surface area contributed by atoms with E-state index in [9.17, 15) is 30.3 Å². The van der Waals surface area contributed by atoms with Crippen molar-refractivity contribution in [3.63, 3.8) is 0 Å². The van der Waals surface area contributed by atoms with Crippen LogP contribution in [-0.4, -0.2) is 94.6 Å². The van der Waals surface area contributed by atoms with Crippen LogP contribution in [0.25, 0.3) is 11.1 Å². The van der Waals surface area contributed by atoms with Gasteiger partial charge in [0.1, 0.15) is 41.9 Å². The Morgan fingerprint density at radius 1 is 1.02 bits per heavy atom. The summed E-state index contributed by atoms with van der Waals surface area (Å²) in [4.78, 5) is 12.5. The van der Waals surface area contributed by atoms with E-state index in [1.54, 1.807) is 38.5 Å². The third kappa shape index (κ3) is 4.19. The zero-order valence-corrected chi connectivity index (χ0v) is 28.0. The van der Waals surface area contributed by atoms with Gasteiger partial charge in [0.25, 0.3) is 5.79 Å². The second-order valence-electron chi connectivity index (χ2n) is 13.9. The normalized spacial score (nSPS) is 34.8. The number of benzene rings is 3. The average molecular weight is 703 g/mol. The Balaban J connectivity index is 1.27. The summed E-state index contributed by atoms with van der Waals surface area (Å²) in [5, 5.41) is 60.7. The van der Waals surface area contributed by atoms with Crippen molar-refractivity contribution < 1.29 is 58.7 Å². The van der Waals surface area contributed by atoms with E-state index in [0.29, 0.717) is 51.8 Å². The number of phenolic OH excluding ortho intramolecular Hbond substituents is 1. The number of fused-ring (bicyclic) bond motifs is 5. The van der Waals surface area contributed by atoms with Gasteiger partial charge in [-0.25, -0.2) is 4.79 Å². The molecule has 1 saturated heterocycles. The first kappa shape index (κ1) is 32.2. The van der Waals surface area contributed by atoms with Crippen molar-refractivity contribution in [3.8, 4) is 45.6 Å². The molecule has 3 aromatic carbocycles. The summed E-state index contributed by atoms with van der Waals surface area (Å²) in [7, 11) is 5.10. The number of aliphatic hydroxyl groups excluding tert-OH is 3.